The number of anilines is 1. The number of aromatic amines is 1. The van der Waals surface area contributed by atoms with E-state index in [1.807, 2.05) is 77.1 Å². The third-order valence-electron chi connectivity index (χ3n) is 4.66. The first-order chi connectivity index (χ1) is 14.6. The Labute approximate surface area is 182 Å². The summed E-state index contributed by atoms with van der Waals surface area (Å²) in [7, 11) is 0. The van der Waals surface area contributed by atoms with E-state index in [9.17, 15) is 0 Å². The van der Waals surface area contributed by atoms with E-state index in [1.165, 1.54) is 11.3 Å². The number of para-hydroxylation sites is 2. The fraction of sp³-hybridized carbons (Fsp3) is 0.0476. The zero-order valence-corrected chi connectivity index (χ0v) is 17.7. The zero-order chi connectivity index (χ0) is 20.7. The summed E-state index contributed by atoms with van der Waals surface area (Å²) in [6.45, 7) is 6.04. The molecule has 2 aromatic heterocycles. The molecule has 1 aliphatic rings. The smallest absolute Gasteiger partial charge is 0.200 e. The molecular formula is C21H17N7S2. The summed E-state index contributed by atoms with van der Waals surface area (Å²) in [5.74, 6) is 2.10. The molecule has 0 aliphatic carbocycles. The van der Waals surface area contributed by atoms with Gasteiger partial charge >= 0.3 is 0 Å². The van der Waals surface area contributed by atoms with Gasteiger partial charge in [0.05, 0.1) is 10.6 Å². The third kappa shape index (κ3) is 3.04. The lowest BCUT2D eigenvalue weighted by molar-refractivity contribution is 0.926. The van der Waals surface area contributed by atoms with Gasteiger partial charge < -0.3 is 0 Å². The monoisotopic (exact) mass is 431 g/mol. The Balaban J connectivity index is 1.59. The Kier molecular flexibility index (Phi) is 4.53. The third-order valence-corrected chi connectivity index (χ3v) is 6.09. The highest BCUT2D eigenvalue weighted by Crippen LogP contribution is 2.33. The number of hydrogen-bond acceptors (Lipinski definition) is 7. The van der Waals surface area contributed by atoms with Gasteiger partial charge in [-0.05, 0) is 43.4 Å². The number of thiazole rings is 1. The van der Waals surface area contributed by atoms with E-state index in [0.29, 0.717) is 16.4 Å². The van der Waals surface area contributed by atoms with Crippen LogP contribution in [0.5, 0.6) is 0 Å². The number of hydrazone groups is 1. The summed E-state index contributed by atoms with van der Waals surface area (Å²) in [4.78, 5) is 7.67. The number of hydrogen-bond donors (Lipinski definition) is 2. The van der Waals surface area contributed by atoms with Crippen LogP contribution in [0.1, 0.15) is 10.7 Å². The maximum atomic E-state index is 5.49. The Morgan fingerprint density at radius 1 is 1.00 bits per heavy atom. The minimum absolute atomic E-state index is 0.532. The quantitative estimate of drug-likeness (QED) is 0.462. The maximum absolute atomic E-state index is 5.49. The second-order valence-corrected chi connectivity index (χ2v) is 8.01. The summed E-state index contributed by atoms with van der Waals surface area (Å²) in [5, 5.41) is 12.6. The predicted octanol–water partition coefficient (Wildman–Crippen LogP) is 4.60. The first-order valence-electron chi connectivity index (χ1n) is 9.22. The highest BCUT2D eigenvalue weighted by molar-refractivity contribution is 7.71. The molecule has 0 fully saturated rings. The lowest BCUT2D eigenvalue weighted by Crippen LogP contribution is -2.27. The number of H-pyrrole nitrogens is 1. The zero-order valence-electron chi connectivity index (χ0n) is 16.0. The van der Waals surface area contributed by atoms with E-state index in [4.69, 9.17) is 17.2 Å². The molecule has 0 saturated carbocycles. The molecule has 7 nitrogen and oxygen atoms in total. The summed E-state index contributed by atoms with van der Waals surface area (Å²) in [6, 6.07) is 19.9. The largest absolute Gasteiger partial charge is 0.276 e. The Bertz CT molecular complexity index is 1320. The molecule has 9 heteroatoms. The van der Waals surface area contributed by atoms with Crippen LogP contribution in [0.15, 0.2) is 78.2 Å². The van der Waals surface area contributed by atoms with Crippen molar-refractivity contribution in [2.75, 3.05) is 4.90 Å². The van der Waals surface area contributed by atoms with E-state index in [2.05, 4.69) is 27.3 Å². The maximum Gasteiger partial charge on any atom is 0.200 e. The molecule has 0 amide bonds. The van der Waals surface area contributed by atoms with Crippen molar-refractivity contribution in [2.24, 2.45) is 5.10 Å². The summed E-state index contributed by atoms with van der Waals surface area (Å²) < 4.78 is 2.45. The van der Waals surface area contributed by atoms with Gasteiger partial charge in [-0.3, -0.25) is 20.0 Å². The molecule has 148 valence electrons. The van der Waals surface area contributed by atoms with Crippen molar-refractivity contribution in [3.05, 3.63) is 88.5 Å². The topological polar surface area (TPSA) is 74.1 Å². The Hall–Kier alpha value is -3.56. The number of amidine groups is 1. The first-order valence-corrected chi connectivity index (χ1v) is 10.4. The van der Waals surface area contributed by atoms with E-state index in [1.54, 1.807) is 0 Å². The SMILES string of the molecule is C=C1NN=C(c2nc(C)c(-c3n[nH]c(=S)n3-c3ccccc3)s2)N1c1ccccc1. The highest BCUT2D eigenvalue weighted by Gasteiger charge is 2.28. The molecule has 0 atom stereocenters. The van der Waals surface area contributed by atoms with E-state index < -0.39 is 0 Å². The predicted molar refractivity (Wildman–Crippen MR) is 122 cm³/mol. The molecule has 0 spiro atoms. The fourth-order valence-electron chi connectivity index (χ4n) is 3.31. The standard InChI is InChI=1S/C21H17N7S2/c1-13-17(18-24-26-21(29)28(18)16-11-7-4-8-12-16)30-20(22-13)19-25-23-14(2)27(19)15-9-5-3-6-10-15/h3-12,23H,2H2,1H3,(H,26,29). The molecule has 1 aliphatic heterocycles. The molecule has 2 aromatic carbocycles. The average molecular weight is 432 g/mol. The summed E-state index contributed by atoms with van der Waals surface area (Å²) >= 11 is 7.00. The Morgan fingerprint density at radius 2 is 1.67 bits per heavy atom. The molecule has 3 heterocycles. The molecule has 5 rings (SSSR count). The van der Waals surface area contributed by atoms with Crippen molar-refractivity contribution in [2.45, 2.75) is 6.92 Å². The summed E-state index contributed by atoms with van der Waals surface area (Å²) in [6.07, 6.45) is 0. The van der Waals surface area contributed by atoms with Gasteiger partial charge in [0.15, 0.2) is 21.4 Å². The van der Waals surface area contributed by atoms with E-state index in [0.717, 1.165) is 32.8 Å². The van der Waals surface area contributed by atoms with Gasteiger partial charge in [-0.25, -0.2) is 4.98 Å². The van der Waals surface area contributed by atoms with Gasteiger partial charge in [0, 0.05) is 11.4 Å². The number of rotatable bonds is 4. The number of nitrogens with zero attached hydrogens (tertiary/aromatic N) is 5. The normalized spacial score (nSPS) is 13.4. The average Bonchev–Trinajstić information content (AvgIpc) is 3.45. The molecular weight excluding hydrogens is 414 g/mol. The van der Waals surface area contributed by atoms with Crippen LogP contribution in [-0.4, -0.2) is 25.6 Å². The molecule has 0 radical (unpaired) electrons. The van der Waals surface area contributed by atoms with Gasteiger partial charge in [0.2, 0.25) is 0 Å². The second kappa shape index (κ2) is 7.36. The van der Waals surface area contributed by atoms with Crippen LogP contribution in [0, 0.1) is 11.7 Å². The molecule has 4 aromatic rings. The van der Waals surface area contributed by atoms with Crippen molar-refractivity contribution in [1.82, 2.24) is 25.2 Å². The van der Waals surface area contributed by atoms with Crippen molar-refractivity contribution in [3.63, 3.8) is 0 Å². The van der Waals surface area contributed by atoms with Crippen LogP contribution in [0.25, 0.3) is 16.4 Å². The van der Waals surface area contributed by atoms with Crippen molar-refractivity contribution in [1.29, 1.82) is 0 Å². The van der Waals surface area contributed by atoms with E-state index in [-0.39, 0.29) is 0 Å². The molecule has 2 N–H and O–H groups in total. The fourth-order valence-corrected chi connectivity index (χ4v) is 4.57. The van der Waals surface area contributed by atoms with Gasteiger partial charge in [0.25, 0.3) is 0 Å². The minimum atomic E-state index is 0.532. The van der Waals surface area contributed by atoms with Crippen LogP contribution >= 0.6 is 23.6 Å². The van der Waals surface area contributed by atoms with Crippen LogP contribution in [-0.2, 0) is 0 Å². The number of nitrogens with one attached hydrogen (secondary N) is 2. The van der Waals surface area contributed by atoms with Gasteiger partial charge in [-0.2, -0.15) is 10.2 Å². The van der Waals surface area contributed by atoms with Crippen LogP contribution in [0.4, 0.5) is 5.69 Å². The van der Waals surface area contributed by atoms with Crippen molar-refractivity contribution in [3.8, 4) is 16.4 Å². The second-order valence-electron chi connectivity index (χ2n) is 6.62. The van der Waals surface area contributed by atoms with Gasteiger partial charge in [-0.1, -0.05) is 43.0 Å². The number of aromatic nitrogens is 4. The first kappa shape index (κ1) is 18.5. The van der Waals surface area contributed by atoms with Crippen LogP contribution < -0.4 is 10.3 Å². The lowest BCUT2D eigenvalue weighted by Gasteiger charge is -2.18. The number of benzene rings is 2. The van der Waals surface area contributed by atoms with E-state index >= 15 is 0 Å². The lowest BCUT2D eigenvalue weighted by atomic mass is 10.3. The molecule has 0 saturated heterocycles. The molecule has 30 heavy (non-hydrogen) atoms. The number of aryl methyl sites for hydroxylation is 1. The van der Waals surface area contributed by atoms with Gasteiger partial charge in [-0.15, -0.1) is 11.3 Å². The summed E-state index contributed by atoms with van der Waals surface area (Å²) in [5.41, 5.74) is 5.73. The van der Waals surface area contributed by atoms with Crippen LogP contribution in [0.3, 0.4) is 0 Å². The highest BCUT2D eigenvalue weighted by atomic mass is 32.1. The minimum Gasteiger partial charge on any atom is -0.276 e. The van der Waals surface area contributed by atoms with Crippen LogP contribution in [0.2, 0.25) is 0 Å². The van der Waals surface area contributed by atoms with Crippen molar-refractivity contribution >= 4 is 35.1 Å². The van der Waals surface area contributed by atoms with Crippen molar-refractivity contribution < 1.29 is 0 Å². The Morgan fingerprint density at radius 3 is 2.37 bits per heavy atom. The molecule has 0 bridgehead atoms. The molecule has 0 unspecified atom stereocenters. The van der Waals surface area contributed by atoms with Gasteiger partial charge in [0.1, 0.15) is 5.82 Å².